The second-order valence-corrected chi connectivity index (χ2v) is 5.60. The number of anilines is 1. The summed E-state index contributed by atoms with van der Waals surface area (Å²) in [5, 5.41) is 0. The Morgan fingerprint density at radius 2 is 1.74 bits per heavy atom. The standard InChI is InChI=1S/C16H24N2O/c1-18(14-9-5-4-6-10-14)15(19)16(13-17)11-7-2-3-8-12-16/h4-6,9-10H,2-3,7-8,11-13,17H2,1H3. The van der Waals surface area contributed by atoms with Crippen LogP contribution in [-0.2, 0) is 4.79 Å². The fourth-order valence-corrected chi connectivity index (χ4v) is 3.04. The molecule has 0 aliphatic heterocycles. The lowest BCUT2D eigenvalue weighted by molar-refractivity contribution is -0.128. The van der Waals surface area contributed by atoms with Gasteiger partial charge in [-0.05, 0) is 25.0 Å². The average Bonchev–Trinajstić information content (AvgIpc) is 2.73. The highest BCUT2D eigenvalue weighted by molar-refractivity contribution is 5.97. The predicted molar refractivity (Wildman–Crippen MR) is 79.0 cm³/mol. The van der Waals surface area contributed by atoms with Gasteiger partial charge in [-0.15, -0.1) is 0 Å². The van der Waals surface area contributed by atoms with E-state index in [0.29, 0.717) is 6.54 Å². The largest absolute Gasteiger partial charge is 0.329 e. The van der Waals surface area contributed by atoms with Crippen LogP contribution in [0, 0.1) is 5.41 Å². The minimum Gasteiger partial charge on any atom is -0.329 e. The van der Waals surface area contributed by atoms with E-state index >= 15 is 0 Å². The minimum atomic E-state index is -0.346. The van der Waals surface area contributed by atoms with E-state index in [1.54, 1.807) is 4.90 Å². The quantitative estimate of drug-likeness (QED) is 0.849. The number of hydrogen-bond acceptors (Lipinski definition) is 2. The van der Waals surface area contributed by atoms with Crippen molar-refractivity contribution in [3.05, 3.63) is 30.3 Å². The molecule has 104 valence electrons. The number of para-hydroxylation sites is 1. The van der Waals surface area contributed by atoms with Crippen molar-refractivity contribution in [3.8, 4) is 0 Å². The van der Waals surface area contributed by atoms with Crippen LogP contribution >= 0.6 is 0 Å². The fraction of sp³-hybridized carbons (Fsp3) is 0.562. The molecule has 0 heterocycles. The van der Waals surface area contributed by atoms with Crippen LogP contribution < -0.4 is 10.6 Å². The lowest BCUT2D eigenvalue weighted by atomic mass is 9.79. The molecule has 0 bridgehead atoms. The molecule has 1 aliphatic carbocycles. The first-order valence-corrected chi connectivity index (χ1v) is 7.23. The van der Waals surface area contributed by atoms with Crippen LogP contribution in [0.2, 0.25) is 0 Å². The highest BCUT2D eigenvalue weighted by Crippen LogP contribution is 2.36. The molecule has 1 aromatic carbocycles. The van der Waals surface area contributed by atoms with E-state index in [0.717, 1.165) is 31.4 Å². The van der Waals surface area contributed by atoms with Crippen molar-refractivity contribution in [1.82, 2.24) is 0 Å². The summed E-state index contributed by atoms with van der Waals surface area (Å²) < 4.78 is 0. The summed E-state index contributed by atoms with van der Waals surface area (Å²) >= 11 is 0. The first-order valence-electron chi connectivity index (χ1n) is 7.23. The summed E-state index contributed by atoms with van der Waals surface area (Å²) in [4.78, 5) is 14.6. The van der Waals surface area contributed by atoms with Crippen LogP contribution in [0.25, 0.3) is 0 Å². The van der Waals surface area contributed by atoms with Gasteiger partial charge in [0.1, 0.15) is 0 Å². The van der Waals surface area contributed by atoms with Crippen LogP contribution in [0.1, 0.15) is 38.5 Å². The van der Waals surface area contributed by atoms with Crippen LogP contribution in [-0.4, -0.2) is 19.5 Å². The van der Waals surface area contributed by atoms with E-state index in [2.05, 4.69) is 0 Å². The summed E-state index contributed by atoms with van der Waals surface area (Å²) in [5.41, 5.74) is 6.58. The fourth-order valence-electron chi connectivity index (χ4n) is 3.04. The second kappa shape index (κ2) is 6.20. The van der Waals surface area contributed by atoms with E-state index in [4.69, 9.17) is 5.73 Å². The summed E-state index contributed by atoms with van der Waals surface area (Å²) in [6.45, 7) is 0.461. The molecule has 0 unspecified atom stereocenters. The third-order valence-electron chi connectivity index (χ3n) is 4.35. The van der Waals surface area contributed by atoms with Gasteiger partial charge in [0.05, 0.1) is 5.41 Å². The molecule has 0 aromatic heterocycles. The normalized spacial score (nSPS) is 18.6. The molecule has 3 nitrogen and oxygen atoms in total. The Labute approximate surface area is 115 Å². The Bertz CT molecular complexity index is 408. The van der Waals surface area contributed by atoms with Crippen molar-refractivity contribution in [3.63, 3.8) is 0 Å². The van der Waals surface area contributed by atoms with E-state index in [1.165, 1.54) is 12.8 Å². The van der Waals surface area contributed by atoms with Gasteiger partial charge in [0.15, 0.2) is 0 Å². The number of carbonyl (C=O) groups excluding carboxylic acids is 1. The van der Waals surface area contributed by atoms with Crippen LogP contribution in [0.3, 0.4) is 0 Å². The van der Waals surface area contributed by atoms with Gasteiger partial charge < -0.3 is 10.6 Å². The molecule has 2 rings (SSSR count). The number of amides is 1. The highest BCUT2D eigenvalue weighted by Gasteiger charge is 2.39. The molecule has 3 heteroatoms. The lowest BCUT2D eigenvalue weighted by Gasteiger charge is -2.34. The van der Waals surface area contributed by atoms with Crippen LogP contribution in [0.15, 0.2) is 30.3 Å². The maximum Gasteiger partial charge on any atom is 0.234 e. The van der Waals surface area contributed by atoms with Gasteiger partial charge in [-0.3, -0.25) is 4.79 Å². The zero-order valence-corrected chi connectivity index (χ0v) is 11.8. The topological polar surface area (TPSA) is 46.3 Å². The van der Waals surface area contributed by atoms with Gasteiger partial charge in [-0.1, -0.05) is 43.9 Å². The lowest BCUT2D eigenvalue weighted by Crippen LogP contribution is -2.46. The Kier molecular flexibility index (Phi) is 4.59. The van der Waals surface area contributed by atoms with Gasteiger partial charge in [0, 0.05) is 19.3 Å². The van der Waals surface area contributed by atoms with Crippen molar-refractivity contribution < 1.29 is 4.79 Å². The first-order chi connectivity index (χ1) is 9.19. The molecule has 0 spiro atoms. The van der Waals surface area contributed by atoms with Crippen molar-refractivity contribution in [2.75, 3.05) is 18.5 Å². The molecule has 0 saturated heterocycles. The van der Waals surface area contributed by atoms with Crippen molar-refractivity contribution in [2.45, 2.75) is 38.5 Å². The average molecular weight is 260 g/mol. The van der Waals surface area contributed by atoms with Gasteiger partial charge in [-0.2, -0.15) is 0 Å². The van der Waals surface area contributed by atoms with Gasteiger partial charge in [0.2, 0.25) is 5.91 Å². The number of nitrogens with zero attached hydrogens (tertiary/aromatic N) is 1. The Morgan fingerprint density at radius 3 is 2.26 bits per heavy atom. The number of hydrogen-bond donors (Lipinski definition) is 1. The SMILES string of the molecule is CN(C(=O)C1(CN)CCCCCC1)c1ccccc1. The minimum absolute atomic E-state index is 0.183. The Balaban J connectivity index is 2.20. The molecular formula is C16H24N2O. The molecule has 1 fully saturated rings. The van der Waals surface area contributed by atoms with Gasteiger partial charge in [-0.25, -0.2) is 0 Å². The van der Waals surface area contributed by atoms with Crippen molar-refractivity contribution in [2.24, 2.45) is 11.1 Å². The summed E-state index contributed by atoms with van der Waals surface area (Å²) in [6, 6.07) is 9.83. The van der Waals surface area contributed by atoms with Crippen molar-refractivity contribution >= 4 is 11.6 Å². The van der Waals surface area contributed by atoms with Crippen LogP contribution in [0.4, 0.5) is 5.69 Å². The predicted octanol–water partition coefficient (Wildman–Crippen LogP) is 2.95. The second-order valence-electron chi connectivity index (χ2n) is 5.60. The Morgan fingerprint density at radius 1 is 1.16 bits per heavy atom. The molecule has 19 heavy (non-hydrogen) atoms. The monoisotopic (exact) mass is 260 g/mol. The number of rotatable bonds is 3. The van der Waals surface area contributed by atoms with Gasteiger partial charge >= 0.3 is 0 Å². The molecular weight excluding hydrogens is 236 g/mol. The number of nitrogens with two attached hydrogens (primary N) is 1. The zero-order chi connectivity index (χ0) is 13.7. The molecule has 0 radical (unpaired) electrons. The summed E-state index contributed by atoms with van der Waals surface area (Å²) in [5.74, 6) is 0.183. The van der Waals surface area contributed by atoms with E-state index < -0.39 is 0 Å². The van der Waals surface area contributed by atoms with E-state index in [1.807, 2.05) is 37.4 Å². The Hall–Kier alpha value is -1.35. The zero-order valence-electron chi connectivity index (χ0n) is 11.8. The van der Waals surface area contributed by atoms with Gasteiger partial charge in [0.25, 0.3) is 0 Å². The van der Waals surface area contributed by atoms with Crippen LogP contribution in [0.5, 0.6) is 0 Å². The molecule has 1 aromatic rings. The van der Waals surface area contributed by atoms with E-state index in [9.17, 15) is 4.79 Å². The number of carbonyl (C=O) groups is 1. The molecule has 1 aliphatic rings. The van der Waals surface area contributed by atoms with Crippen molar-refractivity contribution in [1.29, 1.82) is 0 Å². The molecule has 1 saturated carbocycles. The maximum absolute atomic E-state index is 12.9. The van der Waals surface area contributed by atoms with E-state index in [-0.39, 0.29) is 11.3 Å². The number of benzene rings is 1. The molecule has 1 amide bonds. The molecule has 2 N–H and O–H groups in total. The smallest absolute Gasteiger partial charge is 0.234 e. The maximum atomic E-state index is 12.9. The summed E-state index contributed by atoms with van der Waals surface area (Å²) in [7, 11) is 1.86. The summed E-state index contributed by atoms with van der Waals surface area (Å²) in [6.07, 6.45) is 6.55. The third kappa shape index (κ3) is 2.98. The molecule has 0 atom stereocenters. The third-order valence-corrected chi connectivity index (χ3v) is 4.35. The highest BCUT2D eigenvalue weighted by atomic mass is 16.2. The first kappa shape index (κ1) is 14.1.